The maximum Gasteiger partial charge on any atom is 0.262 e. The number of fused-ring (bicyclic) bond motifs is 1. The van der Waals surface area contributed by atoms with Crippen LogP contribution in [0.25, 0.3) is 10.8 Å². The zero-order chi connectivity index (χ0) is 22.0. The van der Waals surface area contributed by atoms with Gasteiger partial charge in [0.2, 0.25) is 0 Å². The molecule has 31 heavy (non-hydrogen) atoms. The fourth-order valence-electron chi connectivity index (χ4n) is 3.11. The Kier molecular flexibility index (Phi) is 5.63. The van der Waals surface area contributed by atoms with Crippen LogP contribution >= 0.6 is 11.6 Å². The van der Waals surface area contributed by atoms with Crippen LogP contribution in [0.2, 0.25) is 5.02 Å². The van der Waals surface area contributed by atoms with Crippen molar-refractivity contribution in [1.29, 1.82) is 0 Å². The number of hydrogen-bond donors (Lipinski definition) is 2. The number of nitrogens with one attached hydrogen (secondary N) is 2. The third-order valence-electron chi connectivity index (χ3n) is 4.62. The van der Waals surface area contributed by atoms with Crippen LogP contribution in [0.15, 0.2) is 89.8 Å². The van der Waals surface area contributed by atoms with Crippen molar-refractivity contribution >= 4 is 49.7 Å². The zero-order valence-electron chi connectivity index (χ0n) is 16.0. The van der Waals surface area contributed by atoms with E-state index < -0.39 is 21.7 Å². The Morgan fingerprint density at radius 3 is 2.35 bits per heavy atom. The summed E-state index contributed by atoms with van der Waals surface area (Å²) in [6.45, 7) is 0. The van der Waals surface area contributed by atoms with Gasteiger partial charge in [0.25, 0.3) is 15.9 Å². The van der Waals surface area contributed by atoms with Crippen LogP contribution in [0.5, 0.6) is 0 Å². The van der Waals surface area contributed by atoms with Crippen LogP contribution in [0.3, 0.4) is 0 Å². The second kappa shape index (κ2) is 8.37. The van der Waals surface area contributed by atoms with Gasteiger partial charge in [-0.25, -0.2) is 12.8 Å². The van der Waals surface area contributed by atoms with Crippen molar-refractivity contribution in [3.8, 4) is 0 Å². The van der Waals surface area contributed by atoms with Crippen molar-refractivity contribution < 1.29 is 17.6 Å². The topological polar surface area (TPSA) is 75.3 Å². The summed E-state index contributed by atoms with van der Waals surface area (Å²) in [5, 5.41) is 4.38. The molecule has 0 aliphatic carbocycles. The highest BCUT2D eigenvalue weighted by atomic mass is 35.5. The molecule has 0 heterocycles. The summed E-state index contributed by atoms with van der Waals surface area (Å²) in [6.07, 6.45) is 0. The standard InChI is InChI=1S/C23H16ClFN2O3S/c24-17-8-3-7-16(13-17)23(28)26-22-12-11-18(14-20(22)25)31(29,30)27-21-10-4-6-15-5-1-2-9-19(15)21/h1-14,27H,(H,26,28). The molecule has 0 fully saturated rings. The van der Waals surface area contributed by atoms with Gasteiger partial charge in [0.15, 0.2) is 0 Å². The maximum atomic E-state index is 14.6. The molecule has 0 aliphatic heterocycles. The monoisotopic (exact) mass is 454 g/mol. The van der Waals surface area contributed by atoms with Crippen LogP contribution in [-0.4, -0.2) is 14.3 Å². The highest BCUT2D eigenvalue weighted by molar-refractivity contribution is 7.92. The summed E-state index contributed by atoms with van der Waals surface area (Å²) in [5.41, 5.74) is 0.493. The van der Waals surface area contributed by atoms with Gasteiger partial charge in [0.05, 0.1) is 16.3 Å². The van der Waals surface area contributed by atoms with Crippen molar-refractivity contribution in [2.75, 3.05) is 10.0 Å². The fourth-order valence-corrected chi connectivity index (χ4v) is 4.39. The largest absolute Gasteiger partial charge is 0.319 e. The van der Waals surface area contributed by atoms with E-state index in [0.29, 0.717) is 10.7 Å². The van der Waals surface area contributed by atoms with Crippen molar-refractivity contribution in [2.45, 2.75) is 4.90 Å². The van der Waals surface area contributed by atoms with E-state index in [0.717, 1.165) is 16.8 Å². The Morgan fingerprint density at radius 2 is 1.58 bits per heavy atom. The Hall–Kier alpha value is -3.42. The summed E-state index contributed by atoms with van der Waals surface area (Å²) >= 11 is 5.87. The first kappa shape index (κ1) is 20.8. The average Bonchev–Trinajstić information content (AvgIpc) is 2.75. The minimum absolute atomic E-state index is 0.144. The van der Waals surface area contributed by atoms with Crippen LogP contribution in [0, 0.1) is 5.82 Å². The lowest BCUT2D eigenvalue weighted by Gasteiger charge is -2.12. The van der Waals surface area contributed by atoms with Crippen LogP contribution in [0.1, 0.15) is 10.4 Å². The van der Waals surface area contributed by atoms with Gasteiger partial charge in [-0.05, 0) is 47.9 Å². The third-order valence-corrected chi connectivity index (χ3v) is 6.22. The molecule has 5 nitrogen and oxygen atoms in total. The molecular formula is C23H16ClFN2O3S. The normalized spacial score (nSPS) is 11.3. The third kappa shape index (κ3) is 4.52. The second-order valence-electron chi connectivity index (χ2n) is 6.74. The van der Waals surface area contributed by atoms with Crippen molar-refractivity contribution in [3.05, 3.63) is 101 Å². The van der Waals surface area contributed by atoms with Gasteiger partial charge in [-0.1, -0.05) is 54.1 Å². The molecule has 0 aromatic heterocycles. The first-order valence-corrected chi connectivity index (χ1v) is 11.1. The predicted molar refractivity (Wildman–Crippen MR) is 121 cm³/mol. The molecule has 0 unspecified atom stereocenters. The molecule has 0 aliphatic rings. The van der Waals surface area contributed by atoms with Gasteiger partial charge < -0.3 is 5.32 Å². The van der Waals surface area contributed by atoms with Crippen molar-refractivity contribution in [3.63, 3.8) is 0 Å². The fraction of sp³-hybridized carbons (Fsp3) is 0. The Labute approximate surface area is 183 Å². The molecule has 2 N–H and O–H groups in total. The van der Waals surface area contributed by atoms with Gasteiger partial charge in [-0.3, -0.25) is 9.52 Å². The van der Waals surface area contributed by atoms with Gasteiger partial charge >= 0.3 is 0 Å². The molecule has 0 saturated heterocycles. The molecule has 4 aromatic carbocycles. The minimum Gasteiger partial charge on any atom is -0.319 e. The van der Waals surface area contributed by atoms with E-state index in [1.54, 1.807) is 36.4 Å². The Balaban J connectivity index is 1.58. The summed E-state index contributed by atoms with van der Waals surface area (Å²) in [6, 6.07) is 22.0. The number of anilines is 2. The van der Waals surface area contributed by atoms with Gasteiger partial charge in [0, 0.05) is 16.0 Å². The summed E-state index contributed by atoms with van der Waals surface area (Å²) < 4.78 is 42.7. The molecule has 0 bridgehead atoms. The van der Waals surface area contributed by atoms with Crippen LogP contribution < -0.4 is 10.0 Å². The smallest absolute Gasteiger partial charge is 0.262 e. The molecule has 0 spiro atoms. The number of carbonyl (C=O) groups is 1. The number of hydrogen-bond acceptors (Lipinski definition) is 3. The van der Waals surface area contributed by atoms with Gasteiger partial charge in [0.1, 0.15) is 5.82 Å². The van der Waals surface area contributed by atoms with E-state index in [1.165, 1.54) is 24.3 Å². The SMILES string of the molecule is O=C(Nc1ccc(S(=O)(=O)Nc2cccc3ccccc23)cc1F)c1cccc(Cl)c1. The minimum atomic E-state index is -4.05. The highest BCUT2D eigenvalue weighted by Gasteiger charge is 2.18. The van der Waals surface area contributed by atoms with E-state index in [1.807, 2.05) is 18.2 Å². The second-order valence-corrected chi connectivity index (χ2v) is 8.86. The predicted octanol–water partition coefficient (Wildman–Crippen LogP) is 5.69. The van der Waals surface area contributed by atoms with Crippen molar-refractivity contribution in [1.82, 2.24) is 0 Å². The quantitative estimate of drug-likeness (QED) is 0.407. The summed E-state index contributed by atoms with van der Waals surface area (Å²) in [5.74, 6) is -1.44. The van der Waals surface area contributed by atoms with Crippen molar-refractivity contribution in [2.24, 2.45) is 0 Å². The van der Waals surface area contributed by atoms with E-state index in [4.69, 9.17) is 11.6 Å². The lowest BCUT2D eigenvalue weighted by molar-refractivity contribution is 0.102. The molecule has 0 saturated carbocycles. The summed E-state index contributed by atoms with van der Waals surface area (Å²) in [7, 11) is -4.05. The van der Waals surface area contributed by atoms with Crippen LogP contribution in [0.4, 0.5) is 15.8 Å². The molecule has 8 heteroatoms. The first-order valence-electron chi connectivity index (χ1n) is 9.20. The molecule has 4 rings (SSSR count). The number of benzene rings is 4. The number of amides is 1. The Bertz CT molecular complexity index is 1400. The Morgan fingerprint density at radius 1 is 0.839 bits per heavy atom. The highest BCUT2D eigenvalue weighted by Crippen LogP contribution is 2.27. The molecule has 0 radical (unpaired) electrons. The number of halogens is 2. The molecule has 1 amide bonds. The number of rotatable bonds is 5. The van der Waals surface area contributed by atoms with E-state index in [-0.39, 0.29) is 16.1 Å². The van der Waals surface area contributed by atoms with E-state index in [9.17, 15) is 17.6 Å². The molecular weight excluding hydrogens is 439 g/mol. The molecule has 156 valence electrons. The lowest BCUT2D eigenvalue weighted by Crippen LogP contribution is -2.15. The van der Waals surface area contributed by atoms with Gasteiger partial charge in [-0.15, -0.1) is 0 Å². The molecule has 0 atom stereocenters. The van der Waals surface area contributed by atoms with Crippen LogP contribution in [-0.2, 0) is 10.0 Å². The zero-order valence-corrected chi connectivity index (χ0v) is 17.5. The lowest BCUT2D eigenvalue weighted by atomic mass is 10.1. The van der Waals surface area contributed by atoms with E-state index in [2.05, 4.69) is 10.0 Å². The van der Waals surface area contributed by atoms with Gasteiger partial charge in [-0.2, -0.15) is 0 Å². The maximum absolute atomic E-state index is 14.6. The number of sulfonamides is 1. The average molecular weight is 455 g/mol. The number of carbonyl (C=O) groups excluding carboxylic acids is 1. The van der Waals surface area contributed by atoms with E-state index >= 15 is 0 Å². The molecule has 4 aromatic rings. The summed E-state index contributed by atoms with van der Waals surface area (Å²) in [4.78, 5) is 12.0. The first-order chi connectivity index (χ1) is 14.8.